The summed E-state index contributed by atoms with van der Waals surface area (Å²) < 4.78 is 5.18. The lowest BCUT2D eigenvalue weighted by Gasteiger charge is -2.39. The van der Waals surface area contributed by atoms with Crippen molar-refractivity contribution in [2.45, 2.75) is 38.1 Å². The maximum absolute atomic E-state index is 12.9. The number of carbonyl (C=O) groups excluding carboxylic acids is 2. The molecule has 0 saturated carbocycles. The molecule has 24 heavy (non-hydrogen) atoms. The number of aliphatic carboxylic acids is 1. The Labute approximate surface area is 140 Å². The molecule has 2 saturated heterocycles. The molecule has 130 valence electrons. The lowest BCUT2D eigenvalue weighted by Crippen LogP contribution is -2.54. The normalized spacial score (nSPS) is 22.4. The van der Waals surface area contributed by atoms with Crippen LogP contribution >= 0.6 is 0 Å². The van der Waals surface area contributed by atoms with E-state index in [4.69, 9.17) is 9.52 Å². The van der Waals surface area contributed by atoms with Crippen LogP contribution in [0.3, 0.4) is 0 Å². The van der Waals surface area contributed by atoms with E-state index < -0.39 is 12.0 Å². The number of furan rings is 1. The predicted molar refractivity (Wildman–Crippen MR) is 84.3 cm³/mol. The number of rotatable bonds is 3. The Hall–Kier alpha value is -2.31. The van der Waals surface area contributed by atoms with Gasteiger partial charge in [0.25, 0.3) is 5.91 Å². The molecule has 2 amide bonds. The third kappa shape index (κ3) is 3.29. The van der Waals surface area contributed by atoms with Crippen LogP contribution in [-0.2, 0) is 9.59 Å². The number of hydrogen-bond acceptors (Lipinski definition) is 4. The molecule has 2 fully saturated rings. The number of nitrogens with zero attached hydrogens (tertiary/aromatic N) is 2. The van der Waals surface area contributed by atoms with Crippen molar-refractivity contribution in [3.05, 3.63) is 24.2 Å². The molecule has 7 heteroatoms. The Balaban J connectivity index is 1.68. The Morgan fingerprint density at radius 1 is 1.08 bits per heavy atom. The highest BCUT2D eigenvalue weighted by Crippen LogP contribution is 2.24. The Morgan fingerprint density at radius 2 is 1.83 bits per heavy atom. The minimum atomic E-state index is -0.797. The van der Waals surface area contributed by atoms with Gasteiger partial charge in [-0.15, -0.1) is 0 Å². The smallest absolute Gasteiger partial charge is 0.306 e. The SMILES string of the molecule is O=C(O)C1CCN(C(=O)C2CCCCN2C(=O)c2ccco2)CC1. The van der Waals surface area contributed by atoms with Crippen molar-refractivity contribution >= 4 is 17.8 Å². The topological polar surface area (TPSA) is 91.1 Å². The molecule has 3 rings (SSSR count). The van der Waals surface area contributed by atoms with Crippen LogP contribution in [0.4, 0.5) is 0 Å². The summed E-state index contributed by atoms with van der Waals surface area (Å²) in [6, 6.07) is 2.79. The molecule has 0 radical (unpaired) electrons. The largest absolute Gasteiger partial charge is 0.481 e. The quantitative estimate of drug-likeness (QED) is 0.906. The Kier molecular flexibility index (Phi) is 4.87. The molecular weight excluding hydrogens is 312 g/mol. The summed E-state index contributed by atoms with van der Waals surface area (Å²) in [5.41, 5.74) is 0. The van der Waals surface area contributed by atoms with E-state index in [2.05, 4.69) is 0 Å². The monoisotopic (exact) mass is 334 g/mol. The van der Waals surface area contributed by atoms with Gasteiger partial charge in [0.05, 0.1) is 12.2 Å². The molecule has 1 atom stereocenters. The fraction of sp³-hybridized carbons (Fsp3) is 0.588. The summed E-state index contributed by atoms with van der Waals surface area (Å²) in [7, 11) is 0. The first-order valence-corrected chi connectivity index (χ1v) is 8.44. The summed E-state index contributed by atoms with van der Waals surface area (Å²) in [4.78, 5) is 39.8. The van der Waals surface area contributed by atoms with Gasteiger partial charge in [0.1, 0.15) is 6.04 Å². The summed E-state index contributed by atoms with van der Waals surface area (Å²) in [5, 5.41) is 9.07. The summed E-state index contributed by atoms with van der Waals surface area (Å²) in [6.45, 7) is 1.42. The molecule has 1 aromatic heterocycles. The van der Waals surface area contributed by atoms with Gasteiger partial charge in [0.2, 0.25) is 5.91 Å². The van der Waals surface area contributed by atoms with Gasteiger partial charge < -0.3 is 19.3 Å². The van der Waals surface area contributed by atoms with Gasteiger partial charge in [-0.2, -0.15) is 0 Å². The zero-order valence-corrected chi connectivity index (χ0v) is 13.5. The molecule has 0 bridgehead atoms. The van der Waals surface area contributed by atoms with Gasteiger partial charge in [0.15, 0.2) is 5.76 Å². The van der Waals surface area contributed by atoms with Gasteiger partial charge >= 0.3 is 5.97 Å². The van der Waals surface area contributed by atoms with Crippen LogP contribution in [0, 0.1) is 5.92 Å². The van der Waals surface area contributed by atoms with Gasteiger partial charge in [0, 0.05) is 19.6 Å². The predicted octanol–water partition coefficient (Wildman–Crippen LogP) is 1.60. The first kappa shape index (κ1) is 16.5. The highest BCUT2D eigenvalue weighted by molar-refractivity contribution is 5.95. The number of piperidine rings is 2. The zero-order chi connectivity index (χ0) is 17.1. The molecule has 0 spiro atoms. The second-order valence-corrected chi connectivity index (χ2v) is 6.43. The van der Waals surface area contributed by atoms with Gasteiger partial charge in [-0.25, -0.2) is 0 Å². The van der Waals surface area contributed by atoms with Crippen molar-refractivity contribution in [2.75, 3.05) is 19.6 Å². The van der Waals surface area contributed by atoms with E-state index in [1.54, 1.807) is 21.9 Å². The Morgan fingerprint density at radius 3 is 2.46 bits per heavy atom. The van der Waals surface area contributed by atoms with Crippen LogP contribution in [0.15, 0.2) is 22.8 Å². The molecule has 3 heterocycles. The molecule has 2 aliphatic rings. The second kappa shape index (κ2) is 7.07. The highest BCUT2D eigenvalue weighted by Gasteiger charge is 2.37. The van der Waals surface area contributed by atoms with E-state index in [-0.39, 0.29) is 23.5 Å². The van der Waals surface area contributed by atoms with E-state index in [0.717, 1.165) is 12.8 Å². The first-order chi connectivity index (χ1) is 11.6. The highest BCUT2D eigenvalue weighted by atomic mass is 16.4. The third-order valence-electron chi connectivity index (χ3n) is 4.94. The van der Waals surface area contributed by atoms with Crippen molar-refractivity contribution in [1.82, 2.24) is 9.80 Å². The molecule has 1 unspecified atom stereocenters. The molecule has 2 aliphatic heterocycles. The number of carboxylic acid groups (broad SMARTS) is 1. The van der Waals surface area contributed by atoms with Crippen molar-refractivity contribution in [3.63, 3.8) is 0 Å². The van der Waals surface area contributed by atoms with Crippen LogP contribution in [0.1, 0.15) is 42.7 Å². The Bertz CT molecular complexity index is 605. The average molecular weight is 334 g/mol. The molecule has 1 N–H and O–H groups in total. The maximum atomic E-state index is 12.9. The van der Waals surface area contributed by atoms with Crippen molar-refractivity contribution in [2.24, 2.45) is 5.92 Å². The van der Waals surface area contributed by atoms with Crippen LogP contribution in [-0.4, -0.2) is 58.4 Å². The summed E-state index contributed by atoms with van der Waals surface area (Å²) in [6.07, 6.45) is 4.82. The van der Waals surface area contributed by atoms with Crippen LogP contribution in [0.25, 0.3) is 0 Å². The van der Waals surface area contributed by atoms with Crippen molar-refractivity contribution < 1.29 is 23.9 Å². The molecule has 7 nitrogen and oxygen atoms in total. The summed E-state index contributed by atoms with van der Waals surface area (Å²) in [5.74, 6) is -1.24. The lowest BCUT2D eigenvalue weighted by molar-refractivity contribution is -0.147. The average Bonchev–Trinajstić information content (AvgIpc) is 3.15. The van der Waals surface area contributed by atoms with Gasteiger partial charge in [-0.3, -0.25) is 14.4 Å². The molecule has 1 aromatic rings. The number of hydrogen-bond donors (Lipinski definition) is 1. The molecule has 0 aromatic carbocycles. The van der Waals surface area contributed by atoms with E-state index in [1.807, 2.05) is 0 Å². The maximum Gasteiger partial charge on any atom is 0.306 e. The lowest BCUT2D eigenvalue weighted by atomic mass is 9.95. The minimum Gasteiger partial charge on any atom is -0.481 e. The fourth-order valence-corrected chi connectivity index (χ4v) is 3.53. The van der Waals surface area contributed by atoms with Crippen molar-refractivity contribution in [3.8, 4) is 0 Å². The number of carbonyl (C=O) groups is 3. The van der Waals surface area contributed by atoms with Crippen molar-refractivity contribution in [1.29, 1.82) is 0 Å². The standard InChI is InChI=1S/C17H22N2O5/c20-15(18-9-6-12(7-10-18)17(22)23)13-4-1-2-8-19(13)16(21)14-5-3-11-24-14/h3,5,11-13H,1-2,4,6-10H2,(H,22,23). The number of carboxylic acids is 1. The van der Waals surface area contributed by atoms with E-state index >= 15 is 0 Å². The molecular formula is C17H22N2O5. The van der Waals surface area contributed by atoms with E-state index in [9.17, 15) is 14.4 Å². The number of likely N-dealkylation sites (tertiary alicyclic amines) is 2. The van der Waals surface area contributed by atoms with E-state index in [0.29, 0.717) is 38.9 Å². The zero-order valence-electron chi connectivity index (χ0n) is 13.5. The number of amides is 2. The van der Waals surface area contributed by atoms with Gasteiger partial charge in [-0.05, 0) is 44.2 Å². The van der Waals surface area contributed by atoms with Gasteiger partial charge in [-0.1, -0.05) is 0 Å². The van der Waals surface area contributed by atoms with E-state index in [1.165, 1.54) is 6.26 Å². The minimum absolute atomic E-state index is 0.0709. The van der Waals surface area contributed by atoms with Crippen LogP contribution < -0.4 is 0 Å². The fourth-order valence-electron chi connectivity index (χ4n) is 3.53. The third-order valence-corrected chi connectivity index (χ3v) is 4.94. The summed E-state index contributed by atoms with van der Waals surface area (Å²) >= 11 is 0. The van der Waals surface area contributed by atoms with Crippen LogP contribution in [0.2, 0.25) is 0 Å². The van der Waals surface area contributed by atoms with Crippen LogP contribution in [0.5, 0.6) is 0 Å². The molecule has 0 aliphatic carbocycles. The first-order valence-electron chi connectivity index (χ1n) is 8.44. The second-order valence-electron chi connectivity index (χ2n) is 6.43.